The summed E-state index contributed by atoms with van der Waals surface area (Å²) in [5.41, 5.74) is 0.592. The normalized spacial score (nSPS) is 23.2. The molecule has 0 bridgehead atoms. The maximum atomic E-state index is 12.2. The van der Waals surface area contributed by atoms with Crippen molar-refractivity contribution in [1.29, 1.82) is 0 Å². The first kappa shape index (κ1) is 13.4. The van der Waals surface area contributed by atoms with Gasteiger partial charge in [0, 0.05) is 0 Å². The molecule has 2 aliphatic rings. The smallest absolute Gasteiger partial charge is 0.329 e. The van der Waals surface area contributed by atoms with Gasteiger partial charge in [0.25, 0.3) is 5.91 Å². The molecule has 0 aromatic heterocycles. The lowest BCUT2D eigenvalue weighted by Crippen LogP contribution is -2.34. The number of carbonyl (C=O) groups excluding carboxylic acids is 2. The number of amides is 3. The van der Waals surface area contributed by atoms with E-state index >= 15 is 0 Å². The predicted octanol–water partition coefficient (Wildman–Crippen LogP) is 1.94. The molecule has 1 aliphatic heterocycles. The first-order valence-electron chi connectivity index (χ1n) is 6.31. The van der Waals surface area contributed by atoms with Crippen molar-refractivity contribution in [2.45, 2.75) is 26.3 Å². The molecular formula is C14H18N2O3. The van der Waals surface area contributed by atoms with Gasteiger partial charge in [0.1, 0.15) is 11.8 Å². The van der Waals surface area contributed by atoms with E-state index in [9.17, 15) is 9.59 Å². The molecule has 2 rings (SSSR count). The summed E-state index contributed by atoms with van der Waals surface area (Å²) in [5, 5.41) is 2.71. The van der Waals surface area contributed by atoms with Crippen LogP contribution in [0.3, 0.4) is 0 Å². The van der Waals surface area contributed by atoms with Gasteiger partial charge in [0.05, 0.1) is 12.8 Å². The van der Waals surface area contributed by atoms with Crippen LogP contribution < -0.4 is 5.32 Å². The topological polar surface area (TPSA) is 58.6 Å². The molecule has 0 radical (unpaired) electrons. The molecule has 0 aromatic carbocycles. The Morgan fingerprint density at radius 3 is 2.63 bits per heavy atom. The van der Waals surface area contributed by atoms with Crippen LogP contribution in [0.1, 0.15) is 20.3 Å². The number of rotatable bonds is 3. The second-order valence-corrected chi connectivity index (χ2v) is 4.85. The summed E-state index contributed by atoms with van der Waals surface area (Å²) < 4.78 is 5.13. The molecule has 5 nitrogen and oxygen atoms in total. The number of hydrogen-bond donors (Lipinski definition) is 1. The maximum absolute atomic E-state index is 12.2. The Hall–Kier alpha value is -2.04. The van der Waals surface area contributed by atoms with Gasteiger partial charge in [-0.05, 0) is 30.6 Å². The second kappa shape index (κ2) is 5.30. The minimum absolute atomic E-state index is 0.0736. The number of imide groups is 1. The Balaban J connectivity index is 2.22. The zero-order valence-corrected chi connectivity index (χ0v) is 11.3. The Bertz CT molecular complexity index is 489. The van der Waals surface area contributed by atoms with E-state index in [2.05, 4.69) is 5.32 Å². The highest BCUT2D eigenvalue weighted by Crippen LogP contribution is 2.21. The molecule has 19 heavy (non-hydrogen) atoms. The van der Waals surface area contributed by atoms with E-state index < -0.39 is 6.04 Å². The summed E-state index contributed by atoms with van der Waals surface area (Å²) in [6.07, 6.45) is 7.82. The van der Waals surface area contributed by atoms with E-state index in [0.717, 1.165) is 5.76 Å². The number of methoxy groups -OCH3 is 1. The lowest BCUT2D eigenvalue weighted by atomic mass is 10.0. The van der Waals surface area contributed by atoms with Gasteiger partial charge in [0.2, 0.25) is 0 Å². The fraction of sp³-hybridized carbons (Fsp3) is 0.429. The fourth-order valence-corrected chi connectivity index (χ4v) is 2.11. The number of urea groups is 1. The largest absolute Gasteiger partial charge is 0.497 e. The number of ether oxygens (including phenoxy) is 1. The van der Waals surface area contributed by atoms with Crippen molar-refractivity contribution in [1.82, 2.24) is 10.2 Å². The molecule has 1 saturated heterocycles. The minimum Gasteiger partial charge on any atom is -0.497 e. The van der Waals surface area contributed by atoms with Gasteiger partial charge < -0.3 is 10.1 Å². The molecule has 3 amide bonds. The SMILES string of the molecule is COC1=CCC=C(N2C(=O)NC(C(C)C)C2=O)C=C1. The van der Waals surface area contributed by atoms with Crippen LogP contribution in [0.25, 0.3) is 0 Å². The second-order valence-electron chi connectivity index (χ2n) is 4.85. The van der Waals surface area contributed by atoms with E-state index in [1.165, 1.54) is 4.90 Å². The van der Waals surface area contributed by atoms with E-state index in [0.29, 0.717) is 12.1 Å². The van der Waals surface area contributed by atoms with Gasteiger partial charge in [-0.15, -0.1) is 0 Å². The van der Waals surface area contributed by atoms with Gasteiger partial charge in [0.15, 0.2) is 0 Å². The Kier molecular flexibility index (Phi) is 3.74. The molecule has 0 saturated carbocycles. The maximum Gasteiger partial charge on any atom is 0.329 e. The molecule has 1 N–H and O–H groups in total. The molecule has 1 aliphatic carbocycles. The Morgan fingerprint density at radius 2 is 2.05 bits per heavy atom. The lowest BCUT2D eigenvalue weighted by molar-refractivity contribution is -0.126. The molecule has 1 fully saturated rings. The Morgan fingerprint density at radius 1 is 1.32 bits per heavy atom. The Labute approximate surface area is 112 Å². The third-order valence-corrected chi connectivity index (χ3v) is 3.19. The summed E-state index contributed by atoms with van der Waals surface area (Å²) in [4.78, 5) is 25.4. The highest BCUT2D eigenvalue weighted by molar-refractivity contribution is 6.06. The average molecular weight is 262 g/mol. The molecule has 0 aromatic rings. The minimum atomic E-state index is -0.445. The lowest BCUT2D eigenvalue weighted by Gasteiger charge is -2.15. The van der Waals surface area contributed by atoms with Crippen LogP contribution in [-0.2, 0) is 9.53 Å². The quantitative estimate of drug-likeness (QED) is 0.791. The van der Waals surface area contributed by atoms with Crippen molar-refractivity contribution in [2.24, 2.45) is 5.92 Å². The number of carbonyl (C=O) groups is 2. The van der Waals surface area contributed by atoms with Gasteiger partial charge in [-0.25, -0.2) is 9.69 Å². The standard InChI is InChI=1S/C14H18N2O3/c1-9(2)12-13(17)16(14(18)15-12)10-5-4-6-11(19-3)8-7-10/h5-9,12H,4H2,1-3H3,(H,15,18). The zero-order valence-electron chi connectivity index (χ0n) is 11.3. The van der Waals surface area contributed by atoms with Crippen molar-refractivity contribution in [3.63, 3.8) is 0 Å². The summed E-state index contributed by atoms with van der Waals surface area (Å²) in [6, 6.07) is -0.805. The van der Waals surface area contributed by atoms with Gasteiger partial charge >= 0.3 is 6.03 Å². The van der Waals surface area contributed by atoms with Gasteiger partial charge in [-0.2, -0.15) is 0 Å². The van der Waals surface area contributed by atoms with Crippen LogP contribution in [0, 0.1) is 5.92 Å². The van der Waals surface area contributed by atoms with Crippen LogP contribution in [0.5, 0.6) is 0 Å². The molecule has 1 unspecified atom stereocenters. The van der Waals surface area contributed by atoms with Crippen molar-refractivity contribution in [3.8, 4) is 0 Å². The van der Waals surface area contributed by atoms with Crippen LogP contribution in [0.2, 0.25) is 0 Å². The van der Waals surface area contributed by atoms with E-state index in [-0.39, 0.29) is 17.9 Å². The number of nitrogens with zero attached hydrogens (tertiary/aromatic N) is 1. The van der Waals surface area contributed by atoms with Crippen LogP contribution >= 0.6 is 0 Å². The summed E-state index contributed by atoms with van der Waals surface area (Å²) >= 11 is 0. The van der Waals surface area contributed by atoms with E-state index in [1.807, 2.05) is 26.0 Å². The third kappa shape index (κ3) is 2.54. The first-order chi connectivity index (χ1) is 9.04. The van der Waals surface area contributed by atoms with Crippen LogP contribution in [-0.4, -0.2) is 30.0 Å². The predicted molar refractivity (Wildman–Crippen MR) is 70.9 cm³/mol. The first-order valence-corrected chi connectivity index (χ1v) is 6.31. The van der Waals surface area contributed by atoms with Crippen LogP contribution in [0.4, 0.5) is 4.79 Å². The molecule has 1 heterocycles. The summed E-state index contributed by atoms with van der Waals surface area (Å²) in [7, 11) is 1.59. The molecular weight excluding hydrogens is 244 g/mol. The third-order valence-electron chi connectivity index (χ3n) is 3.19. The van der Waals surface area contributed by atoms with Crippen LogP contribution in [0.15, 0.2) is 35.8 Å². The van der Waals surface area contributed by atoms with Gasteiger partial charge in [-0.1, -0.05) is 19.9 Å². The monoisotopic (exact) mass is 262 g/mol. The molecule has 102 valence electrons. The van der Waals surface area contributed by atoms with Gasteiger partial charge in [-0.3, -0.25) is 4.79 Å². The van der Waals surface area contributed by atoms with Crippen molar-refractivity contribution >= 4 is 11.9 Å². The highest BCUT2D eigenvalue weighted by Gasteiger charge is 2.40. The number of hydrogen-bond acceptors (Lipinski definition) is 3. The highest BCUT2D eigenvalue weighted by atomic mass is 16.5. The van der Waals surface area contributed by atoms with Crippen molar-refractivity contribution in [2.75, 3.05) is 7.11 Å². The summed E-state index contributed by atoms with van der Waals surface area (Å²) in [6.45, 7) is 3.82. The van der Waals surface area contributed by atoms with Crippen molar-refractivity contribution < 1.29 is 14.3 Å². The zero-order chi connectivity index (χ0) is 14.0. The molecule has 5 heteroatoms. The average Bonchev–Trinajstić information content (AvgIpc) is 2.55. The fourth-order valence-electron chi connectivity index (χ4n) is 2.11. The summed E-state index contributed by atoms with van der Waals surface area (Å²) in [5.74, 6) is 0.597. The molecule has 1 atom stereocenters. The molecule has 0 spiro atoms. The number of allylic oxidation sites excluding steroid dienone is 4. The van der Waals surface area contributed by atoms with Crippen molar-refractivity contribution in [3.05, 3.63) is 35.8 Å². The number of nitrogens with one attached hydrogen (secondary N) is 1. The van der Waals surface area contributed by atoms with E-state index in [1.54, 1.807) is 19.3 Å². The van der Waals surface area contributed by atoms with E-state index in [4.69, 9.17) is 4.74 Å².